The van der Waals surface area contributed by atoms with Crippen LogP contribution in [0.15, 0.2) is 53.4 Å². The Bertz CT molecular complexity index is 900. The molecule has 0 atom stereocenters. The highest BCUT2D eigenvalue weighted by molar-refractivity contribution is 7.89. The molecular weight excluding hydrogens is 382 g/mol. The van der Waals surface area contributed by atoms with E-state index < -0.39 is 14.9 Å². The first kappa shape index (κ1) is 19.8. The van der Waals surface area contributed by atoms with Gasteiger partial charge in [0, 0.05) is 36.7 Å². The molecular formula is C16H16ClN3O5S. The van der Waals surface area contributed by atoms with Crippen molar-refractivity contribution in [3.05, 3.63) is 69.2 Å². The fourth-order valence-electron chi connectivity index (χ4n) is 2.05. The molecule has 0 heterocycles. The van der Waals surface area contributed by atoms with Crippen LogP contribution in [-0.4, -0.2) is 25.8 Å². The Balaban J connectivity index is 1.83. The Hall–Kier alpha value is -2.49. The van der Waals surface area contributed by atoms with Crippen LogP contribution in [0.25, 0.3) is 0 Å². The van der Waals surface area contributed by atoms with E-state index in [4.69, 9.17) is 11.6 Å². The summed E-state index contributed by atoms with van der Waals surface area (Å²) in [6, 6.07) is 11.5. The Kier molecular flexibility index (Phi) is 6.67. The summed E-state index contributed by atoms with van der Waals surface area (Å²) in [5, 5.41) is 13.8. The van der Waals surface area contributed by atoms with Crippen molar-refractivity contribution in [2.24, 2.45) is 0 Å². The zero-order chi connectivity index (χ0) is 19.2. The molecule has 2 rings (SSSR count). The summed E-state index contributed by atoms with van der Waals surface area (Å²) in [5.41, 5.74) is 0.553. The van der Waals surface area contributed by atoms with Crippen molar-refractivity contribution in [3.8, 4) is 0 Å². The summed E-state index contributed by atoms with van der Waals surface area (Å²) in [6.07, 6.45) is -0.0589. The van der Waals surface area contributed by atoms with Crippen molar-refractivity contribution in [1.29, 1.82) is 0 Å². The van der Waals surface area contributed by atoms with E-state index in [0.717, 1.165) is 29.8 Å². The Morgan fingerprint density at radius 2 is 1.77 bits per heavy atom. The van der Waals surface area contributed by atoms with E-state index in [-0.39, 0.29) is 36.0 Å². The number of non-ortho nitro benzene ring substituents is 1. The predicted octanol–water partition coefficient (Wildman–Crippen LogP) is 2.23. The topological polar surface area (TPSA) is 118 Å². The summed E-state index contributed by atoms with van der Waals surface area (Å²) >= 11 is 5.99. The number of carbonyl (C=O) groups is 1. The number of benzene rings is 2. The van der Waals surface area contributed by atoms with Crippen LogP contribution in [0.4, 0.5) is 5.69 Å². The maximum Gasteiger partial charge on any atom is 0.269 e. The van der Waals surface area contributed by atoms with Gasteiger partial charge in [-0.1, -0.05) is 29.8 Å². The first-order valence-corrected chi connectivity index (χ1v) is 9.40. The Morgan fingerprint density at radius 3 is 2.38 bits per heavy atom. The number of carbonyl (C=O) groups excluding carboxylic acids is 1. The maximum absolute atomic E-state index is 12.1. The van der Waals surface area contributed by atoms with Gasteiger partial charge < -0.3 is 5.32 Å². The van der Waals surface area contributed by atoms with Gasteiger partial charge in [-0.15, -0.1) is 0 Å². The predicted molar refractivity (Wildman–Crippen MR) is 96.2 cm³/mol. The first-order valence-electron chi connectivity index (χ1n) is 7.54. The van der Waals surface area contributed by atoms with Crippen molar-refractivity contribution in [2.75, 3.05) is 6.54 Å². The van der Waals surface area contributed by atoms with Gasteiger partial charge in [-0.25, -0.2) is 13.1 Å². The molecule has 0 aliphatic carbocycles. The van der Waals surface area contributed by atoms with Gasteiger partial charge in [-0.05, 0) is 23.8 Å². The molecule has 10 heteroatoms. The summed E-state index contributed by atoms with van der Waals surface area (Å²) in [5.74, 6) is -0.337. The quantitative estimate of drug-likeness (QED) is 0.523. The number of nitrogens with zero attached hydrogens (tertiary/aromatic N) is 1. The van der Waals surface area contributed by atoms with Crippen LogP contribution in [0.5, 0.6) is 0 Å². The molecule has 0 unspecified atom stereocenters. The molecule has 138 valence electrons. The van der Waals surface area contributed by atoms with Crippen molar-refractivity contribution in [1.82, 2.24) is 10.0 Å². The lowest BCUT2D eigenvalue weighted by Gasteiger charge is -2.08. The second-order valence-electron chi connectivity index (χ2n) is 5.27. The fraction of sp³-hybridized carbons (Fsp3) is 0.188. The summed E-state index contributed by atoms with van der Waals surface area (Å²) in [6.45, 7) is 0.140. The normalized spacial score (nSPS) is 11.1. The van der Waals surface area contributed by atoms with Gasteiger partial charge in [-0.3, -0.25) is 14.9 Å². The largest absolute Gasteiger partial charge is 0.352 e. The van der Waals surface area contributed by atoms with Crippen LogP contribution < -0.4 is 10.0 Å². The van der Waals surface area contributed by atoms with E-state index in [1.54, 1.807) is 24.3 Å². The molecule has 1 amide bonds. The Labute approximate surface area is 155 Å². The zero-order valence-electron chi connectivity index (χ0n) is 13.5. The van der Waals surface area contributed by atoms with E-state index in [9.17, 15) is 23.3 Å². The molecule has 0 spiro atoms. The number of halogens is 1. The first-order chi connectivity index (χ1) is 12.3. The third-order valence-electron chi connectivity index (χ3n) is 3.44. The average molecular weight is 398 g/mol. The molecule has 0 saturated carbocycles. The van der Waals surface area contributed by atoms with E-state index in [1.807, 2.05) is 0 Å². The third kappa shape index (κ3) is 5.51. The molecule has 0 aromatic heterocycles. The highest BCUT2D eigenvalue weighted by atomic mass is 35.5. The highest BCUT2D eigenvalue weighted by Crippen LogP contribution is 2.16. The molecule has 0 fully saturated rings. The molecule has 8 nitrogen and oxygen atoms in total. The van der Waals surface area contributed by atoms with Gasteiger partial charge >= 0.3 is 0 Å². The summed E-state index contributed by atoms with van der Waals surface area (Å²) < 4.78 is 26.5. The van der Waals surface area contributed by atoms with Crippen LogP contribution in [0.1, 0.15) is 12.0 Å². The standard InChI is InChI=1S/C16H16ClN3O5S/c17-15-4-2-1-3-12(15)11-18-16(21)9-10-19-26(24,25)14-7-5-13(6-8-14)20(22)23/h1-8,19H,9-11H2,(H,18,21). The number of nitrogens with one attached hydrogen (secondary N) is 2. The maximum atomic E-state index is 12.1. The van der Waals surface area contributed by atoms with E-state index in [0.29, 0.717) is 5.02 Å². The van der Waals surface area contributed by atoms with Gasteiger partial charge in [0.15, 0.2) is 0 Å². The third-order valence-corrected chi connectivity index (χ3v) is 5.28. The average Bonchev–Trinajstić information content (AvgIpc) is 2.61. The lowest BCUT2D eigenvalue weighted by Crippen LogP contribution is -2.30. The van der Waals surface area contributed by atoms with Crippen LogP contribution in [0.2, 0.25) is 5.02 Å². The van der Waals surface area contributed by atoms with Gasteiger partial charge in [0.1, 0.15) is 0 Å². The van der Waals surface area contributed by atoms with Crippen molar-refractivity contribution >= 4 is 33.2 Å². The summed E-state index contributed by atoms with van der Waals surface area (Å²) in [4.78, 5) is 21.7. The van der Waals surface area contributed by atoms with Crippen LogP contribution in [0.3, 0.4) is 0 Å². The molecule has 0 radical (unpaired) electrons. The van der Waals surface area contributed by atoms with Crippen LogP contribution in [0, 0.1) is 10.1 Å². The number of hydrogen-bond acceptors (Lipinski definition) is 5. The number of nitro groups is 1. The molecule has 2 aromatic carbocycles. The molecule has 0 aliphatic rings. The van der Waals surface area contributed by atoms with Gasteiger partial charge in [0.25, 0.3) is 5.69 Å². The second-order valence-corrected chi connectivity index (χ2v) is 7.44. The molecule has 2 aromatic rings. The number of hydrogen-bond donors (Lipinski definition) is 2. The van der Waals surface area contributed by atoms with Crippen LogP contribution in [-0.2, 0) is 21.4 Å². The number of nitro benzene ring substituents is 1. The highest BCUT2D eigenvalue weighted by Gasteiger charge is 2.16. The van der Waals surface area contributed by atoms with Gasteiger partial charge in [0.05, 0.1) is 9.82 Å². The van der Waals surface area contributed by atoms with E-state index in [2.05, 4.69) is 10.0 Å². The van der Waals surface area contributed by atoms with Gasteiger partial charge in [0.2, 0.25) is 15.9 Å². The van der Waals surface area contributed by atoms with Crippen molar-refractivity contribution in [2.45, 2.75) is 17.9 Å². The minimum Gasteiger partial charge on any atom is -0.352 e. The molecule has 0 aliphatic heterocycles. The zero-order valence-corrected chi connectivity index (χ0v) is 15.1. The van der Waals surface area contributed by atoms with E-state index in [1.165, 1.54) is 0 Å². The lowest BCUT2D eigenvalue weighted by molar-refractivity contribution is -0.384. The fourth-order valence-corrected chi connectivity index (χ4v) is 3.29. The Morgan fingerprint density at radius 1 is 1.12 bits per heavy atom. The molecule has 26 heavy (non-hydrogen) atoms. The van der Waals surface area contributed by atoms with Crippen molar-refractivity contribution in [3.63, 3.8) is 0 Å². The number of sulfonamides is 1. The molecule has 0 saturated heterocycles. The lowest BCUT2D eigenvalue weighted by atomic mass is 10.2. The number of amides is 1. The second kappa shape index (κ2) is 8.75. The minimum absolute atomic E-state index is 0.0589. The molecule has 2 N–H and O–H groups in total. The SMILES string of the molecule is O=C(CCNS(=O)(=O)c1ccc([N+](=O)[O-])cc1)NCc1ccccc1Cl. The van der Waals surface area contributed by atoms with E-state index >= 15 is 0 Å². The van der Waals surface area contributed by atoms with Gasteiger partial charge in [-0.2, -0.15) is 0 Å². The van der Waals surface area contributed by atoms with Crippen LogP contribution >= 0.6 is 11.6 Å². The minimum atomic E-state index is -3.85. The van der Waals surface area contributed by atoms with Crippen molar-refractivity contribution < 1.29 is 18.1 Å². The summed E-state index contributed by atoms with van der Waals surface area (Å²) in [7, 11) is -3.85. The molecule has 0 bridgehead atoms. The smallest absolute Gasteiger partial charge is 0.269 e. The monoisotopic (exact) mass is 397 g/mol. The number of rotatable bonds is 8.